The first-order chi connectivity index (χ1) is 13.5. The zero-order chi connectivity index (χ0) is 20.1. The number of carbonyl (C=O) groups is 2. The van der Waals surface area contributed by atoms with Crippen LogP contribution in [0.3, 0.4) is 0 Å². The first kappa shape index (κ1) is 19.9. The first-order valence-corrected chi connectivity index (χ1v) is 9.89. The zero-order valence-corrected chi connectivity index (χ0v) is 16.7. The Morgan fingerprint density at radius 3 is 2.43 bits per heavy atom. The minimum Gasteiger partial charge on any atom is -0.449 e. The van der Waals surface area contributed by atoms with Gasteiger partial charge in [0.05, 0.1) is 11.3 Å². The van der Waals surface area contributed by atoms with Gasteiger partial charge in [-0.3, -0.25) is 4.79 Å². The van der Waals surface area contributed by atoms with E-state index in [2.05, 4.69) is 10.6 Å². The zero-order valence-electron chi connectivity index (χ0n) is 16.7. The molecular formula is C23H28N2O3. The van der Waals surface area contributed by atoms with Crippen molar-refractivity contribution in [2.45, 2.75) is 58.6 Å². The predicted octanol–water partition coefficient (Wildman–Crippen LogP) is 4.65. The molecule has 0 aromatic heterocycles. The number of amides is 1. The number of esters is 1. The Morgan fingerprint density at radius 2 is 1.68 bits per heavy atom. The summed E-state index contributed by atoms with van der Waals surface area (Å²) in [6.07, 6.45) is 3.43. The number of anilines is 2. The molecule has 1 aliphatic carbocycles. The molecule has 0 aliphatic heterocycles. The summed E-state index contributed by atoms with van der Waals surface area (Å²) in [6.45, 7) is 5.70. The monoisotopic (exact) mass is 380 g/mol. The SMILES string of the molecule is Cc1cccc(Nc2ccccc2C(=O)O[C@H](C)C(=O)NC2CCCC2)c1C. The topological polar surface area (TPSA) is 67.4 Å². The van der Waals surface area contributed by atoms with Crippen molar-refractivity contribution in [3.05, 3.63) is 59.2 Å². The number of aryl methyl sites for hydroxylation is 1. The predicted molar refractivity (Wildman–Crippen MR) is 111 cm³/mol. The molecule has 1 atom stereocenters. The standard InChI is InChI=1S/C23H28N2O3/c1-15-9-8-14-20(16(15)2)25-21-13-7-6-12-19(21)23(27)28-17(3)22(26)24-18-10-4-5-11-18/h6-9,12-14,17-18,25H,4-5,10-11H2,1-3H3,(H,24,26)/t17-/m1/s1. The summed E-state index contributed by atoms with van der Waals surface area (Å²) in [5.41, 5.74) is 4.29. The highest BCUT2D eigenvalue weighted by Gasteiger charge is 2.24. The normalized spacial score (nSPS) is 15.1. The molecule has 0 unspecified atom stereocenters. The lowest BCUT2D eigenvalue weighted by Crippen LogP contribution is -2.40. The van der Waals surface area contributed by atoms with E-state index in [1.54, 1.807) is 19.1 Å². The van der Waals surface area contributed by atoms with E-state index in [1.807, 2.05) is 44.2 Å². The molecule has 2 N–H and O–H groups in total. The van der Waals surface area contributed by atoms with Crippen LogP contribution in [-0.4, -0.2) is 24.0 Å². The summed E-state index contributed by atoms with van der Waals surface area (Å²) in [7, 11) is 0. The van der Waals surface area contributed by atoms with Gasteiger partial charge in [-0.2, -0.15) is 0 Å². The molecule has 1 amide bonds. The quantitative estimate of drug-likeness (QED) is 0.716. The van der Waals surface area contributed by atoms with Crippen LogP contribution in [0.15, 0.2) is 42.5 Å². The highest BCUT2D eigenvalue weighted by molar-refractivity contribution is 5.98. The third-order valence-electron chi connectivity index (χ3n) is 5.38. The Kier molecular flexibility index (Phi) is 6.34. The van der Waals surface area contributed by atoms with E-state index in [0.29, 0.717) is 11.3 Å². The highest BCUT2D eigenvalue weighted by atomic mass is 16.5. The number of rotatable bonds is 6. The van der Waals surface area contributed by atoms with Crippen LogP contribution in [0, 0.1) is 13.8 Å². The number of para-hydroxylation sites is 1. The summed E-state index contributed by atoms with van der Waals surface area (Å²) >= 11 is 0. The van der Waals surface area contributed by atoms with Crippen molar-refractivity contribution in [3.8, 4) is 0 Å². The van der Waals surface area contributed by atoms with Crippen LogP contribution < -0.4 is 10.6 Å². The highest BCUT2D eigenvalue weighted by Crippen LogP contribution is 2.26. The second-order valence-electron chi connectivity index (χ2n) is 7.46. The van der Waals surface area contributed by atoms with Gasteiger partial charge in [-0.15, -0.1) is 0 Å². The van der Waals surface area contributed by atoms with Crippen LogP contribution in [0.1, 0.15) is 54.1 Å². The fourth-order valence-corrected chi connectivity index (χ4v) is 3.47. The largest absolute Gasteiger partial charge is 0.449 e. The molecule has 28 heavy (non-hydrogen) atoms. The van der Waals surface area contributed by atoms with Gasteiger partial charge < -0.3 is 15.4 Å². The van der Waals surface area contributed by atoms with Crippen LogP contribution in [0.2, 0.25) is 0 Å². The molecule has 0 radical (unpaired) electrons. The Balaban J connectivity index is 1.70. The van der Waals surface area contributed by atoms with Gasteiger partial charge in [-0.1, -0.05) is 37.1 Å². The number of ether oxygens (including phenoxy) is 1. The van der Waals surface area contributed by atoms with E-state index in [-0.39, 0.29) is 11.9 Å². The van der Waals surface area contributed by atoms with Crippen LogP contribution in [0.4, 0.5) is 11.4 Å². The number of nitrogens with one attached hydrogen (secondary N) is 2. The number of hydrogen-bond donors (Lipinski definition) is 2. The average molecular weight is 380 g/mol. The third kappa shape index (κ3) is 4.71. The molecule has 1 aliphatic rings. The summed E-state index contributed by atoms with van der Waals surface area (Å²) in [5.74, 6) is -0.748. The molecule has 0 bridgehead atoms. The maximum atomic E-state index is 12.7. The molecule has 0 heterocycles. The van der Waals surface area contributed by atoms with E-state index in [4.69, 9.17) is 4.74 Å². The lowest BCUT2D eigenvalue weighted by Gasteiger charge is -2.18. The number of hydrogen-bond acceptors (Lipinski definition) is 4. The van der Waals surface area contributed by atoms with Gasteiger partial charge in [0, 0.05) is 11.7 Å². The van der Waals surface area contributed by atoms with Crippen molar-refractivity contribution in [2.75, 3.05) is 5.32 Å². The molecule has 5 nitrogen and oxygen atoms in total. The van der Waals surface area contributed by atoms with Crippen molar-refractivity contribution in [1.82, 2.24) is 5.32 Å². The molecule has 1 fully saturated rings. The van der Waals surface area contributed by atoms with Crippen molar-refractivity contribution in [1.29, 1.82) is 0 Å². The van der Waals surface area contributed by atoms with E-state index in [0.717, 1.165) is 36.9 Å². The summed E-state index contributed by atoms with van der Waals surface area (Å²) < 4.78 is 5.45. The van der Waals surface area contributed by atoms with Gasteiger partial charge in [0.15, 0.2) is 6.10 Å². The number of benzene rings is 2. The summed E-state index contributed by atoms with van der Waals surface area (Å²) in [6, 6.07) is 13.4. The van der Waals surface area contributed by atoms with Gasteiger partial charge >= 0.3 is 5.97 Å². The van der Waals surface area contributed by atoms with Crippen molar-refractivity contribution >= 4 is 23.3 Å². The maximum absolute atomic E-state index is 12.7. The van der Waals surface area contributed by atoms with E-state index >= 15 is 0 Å². The molecule has 2 aromatic rings. The Hall–Kier alpha value is -2.82. The van der Waals surface area contributed by atoms with Crippen LogP contribution in [0.5, 0.6) is 0 Å². The van der Waals surface area contributed by atoms with Gasteiger partial charge in [0.1, 0.15) is 0 Å². The average Bonchev–Trinajstić information content (AvgIpc) is 3.18. The van der Waals surface area contributed by atoms with Gasteiger partial charge in [-0.05, 0) is 62.9 Å². The van der Waals surface area contributed by atoms with Crippen LogP contribution in [-0.2, 0) is 9.53 Å². The van der Waals surface area contributed by atoms with Gasteiger partial charge in [-0.25, -0.2) is 4.79 Å². The van der Waals surface area contributed by atoms with E-state index in [9.17, 15) is 9.59 Å². The number of carbonyl (C=O) groups excluding carboxylic acids is 2. The minimum absolute atomic E-state index is 0.201. The molecule has 0 saturated heterocycles. The summed E-state index contributed by atoms with van der Waals surface area (Å²) in [5, 5.41) is 6.29. The molecular weight excluding hydrogens is 352 g/mol. The lowest BCUT2D eigenvalue weighted by molar-refractivity contribution is -0.129. The molecule has 5 heteroatoms. The van der Waals surface area contributed by atoms with E-state index in [1.165, 1.54) is 5.56 Å². The van der Waals surface area contributed by atoms with Crippen molar-refractivity contribution in [3.63, 3.8) is 0 Å². The smallest absolute Gasteiger partial charge is 0.341 e. The van der Waals surface area contributed by atoms with Gasteiger partial charge in [0.25, 0.3) is 5.91 Å². The Morgan fingerprint density at radius 1 is 1.00 bits per heavy atom. The minimum atomic E-state index is -0.832. The van der Waals surface area contributed by atoms with Crippen molar-refractivity contribution in [2.24, 2.45) is 0 Å². The molecule has 2 aromatic carbocycles. The first-order valence-electron chi connectivity index (χ1n) is 9.89. The molecule has 0 spiro atoms. The fourth-order valence-electron chi connectivity index (χ4n) is 3.47. The lowest BCUT2D eigenvalue weighted by atomic mass is 10.1. The van der Waals surface area contributed by atoms with Gasteiger partial charge in [0.2, 0.25) is 0 Å². The molecule has 3 rings (SSSR count). The Labute approximate surface area is 166 Å². The second kappa shape index (κ2) is 8.91. The maximum Gasteiger partial charge on any atom is 0.341 e. The van der Waals surface area contributed by atoms with Crippen LogP contribution >= 0.6 is 0 Å². The van der Waals surface area contributed by atoms with Crippen molar-refractivity contribution < 1.29 is 14.3 Å². The second-order valence-corrected chi connectivity index (χ2v) is 7.46. The summed E-state index contributed by atoms with van der Waals surface area (Å²) in [4.78, 5) is 25.0. The third-order valence-corrected chi connectivity index (χ3v) is 5.38. The molecule has 1 saturated carbocycles. The van der Waals surface area contributed by atoms with E-state index < -0.39 is 12.1 Å². The molecule has 148 valence electrons. The van der Waals surface area contributed by atoms with Crippen LogP contribution in [0.25, 0.3) is 0 Å². The fraction of sp³-hybridized carbons (Fsp3) is 0.391. The Bertz CT molecular complexity index is 857.